The maximum atomic E-state index is 13.4. The van der Waals surface area contributed by atoms with E-state index in [1.807, 2.05) is 0 Å². The number of hydrogen-bond acceptors (Lipinski definition) is 3. The first-order chi connectivity index (χ1) is 8.72. The molecule has 1 rings (SSSR count). The fraction of sp³-hybridized carbons (Fsp3) is 0.300. The predicted octanol–water partition coefficient (Wildman–Crippen LogP) is 1.87. The van der Waals surface area contributed by atoms with E-state index in [4.69, 9.17) is 23.2 Å². The molecular weight excluding hydrogens is 318 g/mol. The molecule has 0 fully saturated rings. The molecule has 0 unspecified atom stereocenters. The van der Waals surface area contributed by atoms with E-state index in [1.165, 1.54) is 6.92 Å². The zero-order chi connectivity index (χ0) is 14.6. The van der Waals surface area contributed by atoms with Crippen LogP contribution in [0, 0.1) is 5.82 Å². The topological polar surface area (TPSA) is 75.3 Å². The third-order valence-corrected chi connectivity index (χ3v) is 3.72. The second-order valence-corrected chi connectivity index (χ2v) is 6.61. The van der Waals surface area contributed by atoms with Gasteiger partial charge in [0, 0.05) is 13.5 Å². The first kappa shape index (κ1) is 16.2. The normalized spacial score (nSPS) is 11.6. The van der Waals surface area contributed by atoms with Crippen molar-refractivity contribution in [2.45, 2.75) is 16.7 Å². The third kappa shape index (κ3) is 4.94. The number of carbonyl (C=O) groups is 1. The Labute approximate surface area is 120 Å². The Kier molecular flexibility index (Phi) is 5.54. The van der Waals surface area contributed by atoms with Crippen molar-refractivity contribution in [3.63, 3.8) is 0 Å². The monoisotopic (exact) mass is 328 g/mol. The van der Waals surface area contributed by atoms with Crippen molar-refractivity contribution in [1.29, 1.82) is 0 Å². The summed E-state index contributed by atoms with van der Waals surface area (Å²) < 4.78 is 39.2. The standard InChI is InChI=1S/C10H11Cl2FN2O3S/c1-6(16)15-9-4-7(2-3-8(9)13)19(17,18)14-5-10(11)12/h2-4,10,14H,5H2,1H3,(H,15,16). The quantitative estimate of drug-likeness (QED) is 0.810. The van der Waals surface area contributed by atoms with Crippen LogP contribution in [-0.2, 0) is 14.8 Å². The van der Waals surface area contributed by atoms with E-state index in [0.29, 0.717) is 0 Å². The van der Waals surface area contributed by atoms with Crippen LogP contribution in [0.15, 0.2) is 23.1 Å². The van der Waals surface area contributed by atoms with E-state index in [0.717, 1.165) is 18.2 Å². The lowest BCUT2D eigenvalue weighted by atomic mass is 10.3. The Bertz CT molecular complexity index is 578. The molecule has 0 aliphatic rings. The molecule has 0 atom stereocenters. The van der Waals surface area contributed by atoms with Gasteiger partial charge < -0.3 is 5.32 Å². The predicted molar refractivity (Wildman–Crippen MR) is 71.4 cm³/mol. The van der Waals surface area contributed by atoms with E-state index >= 15 is 0 Å². The van der Waals surface area contributed by atoms with Gasteiger partial charge >= 0.3 is 0 Å². The third-order valence-electron chi connectivity index (χ3n) is 1.99. The van der Waals surface area contributed by atoms with Crippen molar-refractivity contribution in [2.75, 3.05) is 11.9 Å². The number of amides is 1. The Morgan fingerprint density at radius 2 is 2.05 bits per heavy atom. The highest BCUT2D eigenvalue weighted by atomic mass is 35.5. The molecule has 19 heavy (non-hydrogen) atoms. The van der Waals surface area contributed by atoms with E-state index in [9.17, 15) is 17.6 Å². The Morgan fingerprint density at radius 1 is 1.42 bits per heavy atom. The van der Waals surface area contributed by atoms with Gasteiger partial charge in [-0.3, -0.25) is 4.79 Å². The molecule has 0 aliphatic heterocycles. The fourth-order valence-corrected chi connectivity index (χ4v) is 2.62. The molecule has 106 valence electrons. The van der Waals surface area contributed by atoms with Crippen LogP contribution in [0.4, 0.5) is 10.1 Å². The molecule has 1 aromatic carbocycles. The number of sulfonamides is 1. The molecule has 1 aromatic rings. The van der Waals surface area contributed by atoms with Crippen molar-refractivity contribution < 1.29 is 17.6 Å². The molecule has 0 saturated heterocycles. The summed E-state index contributed by atoms with van der Waals surface area (Å²) in [5.74, 6) is -1.25. The summed E-state index contributed by atoms with van der Waals surface area (Å²) in [6, 6.07) is 3.02. The fourth-order valence-electron chi connectivity index (χ4n) is 1.21. The largest absolute Gasteiger partial charge is 0.324 e. The lowest BCUT2D eigenvalue weighted by Crippen LogP contribution is -2.28. The van der Waals surface area contributed by atoms with Crippen LogP contribution in [-0.4, -0.2) is 25.7 Å². The number of nitrogens with one attached hydrogen (secondary N) is 2. The second-order valence-electron chi connectivity index (χ2n) is 3.57. The van der Waals surface area contributed by atoms with Gasteiger partial charge in [0.05, 0.1) is 10.6 Å². The number of anilines is 1. The first-order valence-corrected chi connectivity index (χ1v) is 7.43. The van der Waals surface area contributed by atoms with Crippen molar-refractivity contribution in [1.82, 2.24) is 4.72 Å². The highest BCUT2D eigenvalue weighted by Crippen LogP contribution is 2.19. The summed E-state index contributed by atoms with van der Waals surface area (Å²) in [7, 11) is -3.87. The SMILES string of the molecule is CC(=O)Nc1cc(S(=O)(=O)NCC(Cl)Cl)ccc1F. The molecule has 0 aliphatic carbocycles. The van der Waals surface area contributed by atoms with Crippen molar-refractivity contribution in [3.05, 3.63) is 24.0 Å². The van der Waals surface area contributed by atoms with Gasteiger partial charge in [-0.05, 0) is 18.2 Å². The highest BCUT2D eigenvalue weighted by Gasteiger charge is 2.17. The molecule has 0 saturated carbocycles. The molecule has 1 amide bonds. The zero-order valence-electron chi connectivity index (χ0n) is 9.78. The van der Waals surface area contributed by atoms with Gasteiger partial charge in [0.25, 0.3) is 0 Å². The molecule has 0 aromatic heterocycles. The zero-order valence-corrected chi connectivity index (χ0v) is 12.1. The summed E-state index contributed by atoms with van der Waals surface area (Å²) >= 11 is 10.8. The molecule has 0 heterocycles. The van der Waals surface area contributed by atoms with Gasteiger partial charge in [0.1, 0.15) is 10.7 Å². The van der Waals surface area contributed by atoms with Crippen molar-refractivity contribution in [2.24, 2.45) is 0 Å². The minimum atomic E-state index is -3.87. The number of benzene rings is 1. The van der Waals surface area contributed by atoms with Crippen molar-refractivity contribution in [3.8, 4) is 0 Å². The Balaban J connectivity index is 3.04. The molecule has 9 heteroatoms. The van der Waals surface area contributed by atoms with Gasteiger partial charge in [-0.2, -0.15) is 0 Å². The summed E-state index contributed by atoms with van der Waals surface area (Å²) in [6.07, 6.45) is 0. The van der Waals surface area contributed by atoms with Gasteiger partial charge in [-0.1, -0.05) is 0 Å². The van der Waals surface area contributed by atoms with Crippen LogP contribution < -0.4 is 10.0 Å². The summed E-state index contributed by atoms with van der Waals surface area (Å²) in [5, 5.41) is 2.19. The number of hydrogen-bond donors (Lipinski definition) is 2. The van der Waals surface area contributed by atoms with Crippen molar-refractivity contribution >= 4 is 44.8 Å². The first-order valence-electron chi connectivity index (χ1n) is 5.07. The minimum Gasteiger partial charge on any atom is -0.324 e. The number of carbonyl (C=O) groups excluding carboxylic acids is 1. The van der Waals surface area contributed by atoms with Crippen LogP contribution >= 0.6 is 23.2 Å². The highest BCUT2D eigenvalue weighted by molar-refractivity contribution is 7.89. The van der Waals surface area contributed by atoms with E-state index < -0.39 is 26.6 Å². The van der Waals surface area contributed by atoms with E-state index in [2.05, 4.69) is 10.0 Å². The lowest BCUT2D eigenvalue weighted by molar-refractivity contribution is -0.114. The Morgan fingerprint density at radius 3 is 2.58 bits per heavy atom. The summed E-state index contributed by atoms with van der Waals surface area (Å²) in [5.41, 5.74) is -0.219. The summed E-state index contributed by atoms with van der Waals surface area (Å²) in [6.45, 7) is 1.00. The smallest absolute Gasteiger partial charge is 0.240 e. The van der Waals surface area contributed by atoms with Gasteiger partial charge in [-0.15, -0.1) is 23.2 Å². The van der Waals surface area contributed by atoms with Gasteiger partial charge in [-0.25, -0.2) is 17.5 Å². The molecule has 0 spiro atoms. The number of rotatable bonds is 5. The molecule has 5 nitrogen and oxygen atoms in total. The maximum Gasteiger partial charge on any atom is 0.240 e. The number of halogens is 3. The average Bonchev–Trinajstić information content (AvgIpc) is 2.29. The molecular formula is C10H11Cl2FN2O3S. The Hall–Kier alpha value is -0.890. The number of alkyl halides is 2. The van der Waals surface area contributed by atoms with Crippen LogP contribution in [0.1, 0.15) is 6.92 Å². The van der Waals surface area contributed by atoms with Crippen LogP contribution in [0.25, 0.3) is 0 Å². The molecule has 2 N–H and O–H groups in total. The van der Waals surface area contributed by atoms with Crippen LogP contribution in [0.2, 0.25) is 0 Å². The van der Waals surface area contributed by atoms with Gasteiger partial charge in [0.2, 0.25) is 15.9 Å². The minimum absolute atomic E-state index is 0.182. The van der Waals surface area contributed by atoms with E-state index in [-0.39, 0.29) is 17.1 Å². The van der Waals surface area contributed by atoms with Gasteiger partial charge in [0.15, 0.2) is 0 Å². The van der Waals surface area contributed by atoms with Crippen LogP contribution in [0.5, 0.6) is 0 Å². The van der Waals surface area contributed by atoms with E-state index in [1.54, 1.807) is 0 Å². The molecule has 0 radical (unpaired) electrons. The summed E-state index contributed by atoms with van der Waals surface area (Å²) in [4.78, 5) is 9.76. The van der Waals surface area contributed by atoms with Crippen LogP contribution in [0.3, 0.4) is 0 Å². The molecule has 0 bridgehead atoms. The second kappa shape index (κ2) is 6.51. The average molecular weight is 329 g/mol. The lowest BCUT2D eigenvalue weighted by Gasteiger charge is -2.09. The maximum absolute atomic E-state index is 13.4.